The van der Waals surface area contributed by atoms with Crippen molar-refractivity contribution in [2.75, 3.05) is 11.9 Å². The first-order chi connectivity index (χ1) is 13.6. The van der Waals surface area contributed by atoms with Crippen LogP contribution >= 0.6 is 22.7 Å². The Kier molecular flexibility index (Phi) is 5.79. The molecule has 3 amide bonds. The number of imide groups is 1. The Morgan fingerprint density at radius 2 is 1.83 bits per heavy atom. The number of hydrogen-bond donors (Lipinski definition) is 2. The van der Waals surface area contributed by atoms with Gasteiger partial charge >= 0.3 is 12.3 Å². The Labute approximate surface area is 167 Å². The van der Waals surface area contributed by atoms with Crippen molar-refractivity contribution in [2.45, 2.75) is 6.18 Å². The largest absolute Gasteiger partial charge is 0.440 e. The van der Waals surface area contributed by atoms with Crippen molar-refractivity contribution in [3.63, 3.8) is 0 Å². The lowest BCUT2D eigenvalue weighted by Crippen LogP contribution is -2.33. The lowest BCUT2D eigenvalue weighted by molar-refractivity contribution is -0.160. The van der Waals surface area contributed by atoms with Crippen LogP contribution in [0.15, 0.2) is 30.3 Å². The van der Waals surface area contributed by atoms with Crippen molar-refractivity contribution in [3.05, 3.63) is 46.0 Å². The summed E-state index contributed by atoms with van der Waals surface area (Å²) in [5, 5.41) is 2.79. The number of ether oxygens (including phenoxy) is 1. The smallest absolute Gasteiger partial charge is 0.422 e. The highest BCUT2D eigenvalue weighted by molar-refractivity contribution is 7.20. The van der Waals surface area contributed by atoms with Gasteiger partial charge in [0.2, 0.25) is 0 Å². The third-order valence-electron chi connectivity index (χ3n) is 3.24. The summed E-state index contributed by atoms with van der Waals surface area (Å²) in [6, 6.07) is 7.67. The van der Waals surface area contributed by atoms with Gasteiger partial charge in [0.1, 0.15) is 5.00 Å². The number of hydrogen-bond acceptors (Lipinski definition) is 7. The highest BCUT2D eigenvalue weighted by atomic mass is 32.1. The van der Waals surface area contributed by atoms with Gasteiger partial charge in [0.25, 0.3) is 11.8 Å². The van der Waals surface area contributed by atoms with E-state index in [-0.39, 0.29) is 10.0 Å². The number of nitrogens with one attached hydrogen (secondary N) is 2. The molecule has 3 aromatic rings. The van der Waals surface area contributed by atoms with E-state index in [2.05, 4.69) is 15.0 Å². The molecule has 0 aliphatic carbocycles. The maximum atomic E-state index is 13.6. The van der Waals surface area contributed by atoms with Crippen molar-refractivity contribution in [1.29, 1.82) is 0 Å². The quantitative estimate of drug-likeness (QED) is 0.585. The monoisotopic (exact) mass is 447 g/mol. The Hall–Kier alpha value is -3.06. The van der Waals surface area contributed by atoms with Gasteiger partial charge in [0, 0.05) is 6.07 Å². The highest BCUT2D eigenvalue weighted by Gasteiger charge is 2.30. The number of thiazole rings is 1. The molecule has 0 spiro atoms. The van der Waals surface area contributed by atoms with Crippen molar-refractivity contribution in [2.24, 2.45) is 0 Å². The van der Waals surface area contributed by atoms with E-state index < -0.39 is 41.4 Å². The number of carbonyl (C=O) groups is 3. The van der Waals surface area contributed by atoms with Gasteiger partial charge in [-0.3, -0.25) is 14.9 Å². The fourth-order valence-electron chi connectivity index (χ4n) is 2.09. The third kappa shape index (κ3) is 5.26. The van der Waals surface area contributed by atoms with Gasteiger partial charge in [0.05, 0.1) is 15.8 Å². The van der Waals surface area contributed by atoms with Crippen LogP contribution in [0.3, 0.4) is 0 Å². The van der Waals surface area contributed by atoms with Crippen LogP contribution < -0.4 is 10.6 Å². The van der Waals surface area contributed by atoms with Gasteiger partial charge in [-0.15, -0.1) is 11.3 Å². The normalized spacial score (nSPS) is 11.3. The zero-order chi connectivity index (χ0) is 21.2. The molecule has 0 bridgehead atoms. The van der Waals surface area contributed by atoms with Crippen molar-refractivity contribution < 1.29 is 36.7 Å². The fraction of sp³-hybridized carbons (Fsp3) is 0.125. The van der Waals surface area contributed by atoms with E-state index in [0.717, 1.165) is 22.1 Å². The number of benzene rings is 1. The summed E-state index contributed by atoms with van der Waals surface area (Å²) < 4.78 is 54.3. The molecule has 1 aromatic carbocycles. The van der Waals surface area contributed by atoms with Crippen LogP contribution in [0.2, 0.25) is 0 Å². The second-order valence-corrected chi connectivity index (χ2v) is 7.41. The third-order valence-corrected chi connectivity index (χ3v) is 5.12. The molecule has 7 nitrogen and oxygen atoms in total. The van der Waals surface area contributed by atoms with Gasteiger partial charge in [-0.2, -0.15) is 17.6 Å². The molecule has 29 heavy (non-hydrogen) atoms. The summed E-state index contributed by atoms with van der Waals surface area (Å²) in [4.78, 5) is 39.8. The number of aromatic nitrogens is 1. The van der Waals surface area contributed by atoms with Crippen LogP contribution in [0.5, 0.6) is 0 Å². The number of para-hydroxylation sites is 1. The van der Waals surface area contributed by atoms with E-state index in [4.69, 9.17) is 0 Å². The molecule has 0 atom stereocenters. The summed E-state index contributed by atoms with van der Waals surface area (Å²) >= 11 is 1.47. The first kappa shape index (κ1) is 20.7. The Bertz CT molecular complexity index is 1060. The van der Waals surface area contributed by atoms with E-state index in [1.54, 1.807) is 24.3 Å². The van der Waals surface area contributed by atoms with Gasteiger partial charge in [0.15, 0.2) is 16.7 Å². The number of halogens is 4. The lowest BCUT2D eigenvalue weighted by Gasteiger charge is -2.08. The minimum Gasteiger partial charge on any atom is -0.440 e. The van der Waals surface area contributed by atoms with Crippen LogP contribution in [0.4, 0.5) is 27.4 Å². The Balaban J connectivity index is 1.71. The Morgan fingerprint density at radius 1 is 1.10 bits per heavy atom. The average Bonchev–Trinajstić information content (AvgIpc) is 3.22. The van der Waals surface area contributed by atoms with Crippen molar-refractivity contribution in [1.82, 2.24) is 10.3 Å². The first-order valence-corrected chi connectivity index (χ1v) is 9.27. The molecule has 0 unspecified atom stereocenters. The molecule has 0 radical (unpaired) electrons. The molecule has 0 aliphatic rings. The number of rotatable bonds is 4. The number of amides is 3. The maximum Gasteiger partial charge on any atom is 0.422 e. The summed E-state index contributed by atoms with van der Waals surface area (Å²) in [7, 11) is 0. The maximum absolute atomic E-state index is 13.6. The predicted molar refractivity (Wildman–Crippen MR) is 96.7 cm³/mol. The number of thiophene rings is 1. The van der Waals surface area contributed by atoms with Gasteiger partial charge < -0.3 is 10.1 Å². The predicted octanol–water partition coefficient (Wildman–Crippen LogP) is 4.18. The number of nitrogens with zero attached hydrogens (tertiary/aromatic N) is 1. The molecule has 2 aromatic heterocycles. The van der Waals surface area contributed by atoms with E-state index in [0.29, 0.717) is 16.9 Å². The molecule has 3 rings (SSSR count). The first-order valence-electron chi connectivity index (χ1n) is 7.63. The molecule has 0 saturated heterocycles. The molecule has 2 N–H and O–H groups in total. The lowest BCUT2D eigenvalue weighted by atomic mass is 10.3. The Morgan fingerprint density at radius 3 is 2.52 bits per heavy atom. The summed E-state index contributed by atoms with van der Waals surface area (Å²) in [6.07, 6.45) is -6.44. The minimum atomic E-state index is -4.77. The number of anilines is 1. The highest BCUT2D eigenvalue weighted by Crippen LogP contribution is 2.29. The molecule has 2 heterocycles. The number of fused-ring (bicyclic) bond motifs is 1. The minimum absolute atomic E-state index is 0.0518. The van der Waals surface area contributed by atoms with Gasteiger partial charge in [-0.1, -0.05) is 23.5 Å². The summed E-state index contributed by atoms with van der Waals surface area (Å²) in [5.74, 6) is -1.96. The molecule has 13 heteroatoms. The fourth-order valence-corrected chi connectivity index (χ4v) is 3.73. The van der Waals surface area contributed by atoms with Crippen LogP contribution in [0, 0.1) is 5.13 Å². The molecule has 152 valence electrons. The number of carbonyl (C=O) groups excluding carboxylic acids is 3. The van der Waals surface area contributed by atoms with Crippen molar-refractivity contribution in [3.8, 4) is 0 Å². The van der Waals surface area contributed by atoms with E-state index in [1.165, 1.54) is 5.32 Å². The molecular formula is C16H9F4N3O4S2. The molecule has 0 fully saturated rings. The van der Waals surface area contributed by atoms with E-state index in [1.807, 2.05) is 0 Å². The van der Waals surface area contributed by atoms with Crippen molar-refractivity contribution >= 4 is 55.8 Å². The zero-order valence-electron chi connectivity index (χ0n) is 14.0. The van der Waals surface area contributed by atoms with E-state index in [9.17, 15) is 31.9 Å². The summed E-state index contributed by atoms with van der Waals surface area (Å²) in [6.45, 7) is -1.90. The number of alkyl halides is 3. The van der Waals surface area contributed by atoms with Crippen LogP contribution in [-0.4, -0.2) is 35.7 Å². The second-order valence-electron chi connectivity index (χ2n) is 5.38. The zero-order valence-corrected chi connectivity index (χ0v) is 15.6. The molecule has 0 aliphatic heterocycles. The SMILES string of the molecule is O=C(NC(=O)c1cc(F)sc1NC(=O)c1nc2ccccc2s1)OCC(F)(F)F. The summed E-state index contributed by atoms with van der Waals surface area (Å²) in [5.41, 5.74) is 0.122. The molecule has 0 saturated carbocycles. The number of alkyl carbamates (subject to hydrolysis) is 1. The average molecular weight is 447 g/mol. The van der Waals surface area contributed by atoms with Gasteiger partial charge in [-0.25, -0.2) is 9.78 Å². The van der Waals surface area contributed by atoms with Crippen LogP contribution in [0.25, 0.3) is 10.2 Å². The van der Waals surface area contributed by atoms with Gasteiger partial charge in [-0.05, 0) is 12.1 Å². The topological polar surface area (TPSA) is 97.4 Å². The standard InChI is InChI=1S/C16H9F4N3O4S2/c17-10-5-7(11(24)23-15(26)27-6-16(18,19)20)13(29-10)22-12(25)14-21-8-3-1-2-4-9(8)28-14/h1-5H,6H2,(H,22,25)(H,23,24,26). The second kappa shape index (κ2) is 8.13. The van der Waals surface area contributed by atoms with Crippen LogP contribution in [-0.2, 0) is 4.74 Å². The van der Waals surface area contributed by atoms with E-state index >= 15 is 0 Å². The van der Waals surface area contributed by atoms with Crippen LogP contribution in [0.1, 0.15) is 20.2 Å². The molecular weight excluding hydrogens is 438 g/mol.